The number of aliphatic carboxylic acids is 2. The molecule has 0 aliphatic heterocycles. The van der Waals surface area contributed by atoms with Crippen LogP contribution in [0, 0.1) is 11.2 Å². The number of halogens is 1. The molecule has 2 unspecified atom stereocenters. The van der Waals surface area contributed by atoms with Crippen LogP contribution in [-0.2, 0) is 9.59 Å². The van der Waals surface area contributed by atoms with Gasteiger partial charge in [-0.25, -0.2) is 9.18 Å². The van der Waals surface area contributed by atoms with E-state index >= 15 is 0 Å². The number of carboxylic acid groups (broad SMARTS) is 2. The van der Waals surface area contributed by atoms with Gasteiger partial charge in [-0.3, -0.25) is 4.79 Å². The van der Waals surface area contributed by atoms with Gasteiger partial charge in [0, 0.05) is 11.5 Å². The van der Waals surface area contributed by atoms with Crippen molar-refractivity contribution < 1.29 is 24.2 Å². The van der Waals surface area contributed by atoms with Gasteiger partial charge >= 0.3 is 11.9 Å². The first-order chi connectivity index (χ1) is 9.32. The van der Waals surface area contributed by atoms with E-state index in [1.807, 2.05) is 0 Å². The molecule has 1 aliphatic rings. The van der Waals surface area contributed by atoms with Crippen molar-refractivity contribution in [1.29, 1.82) is 0 Å². The van der Waals surface area contributed by atoms with Crippen LogP contribution in [0.3, 0.4) is 0 Å². The predicted molar refractivity (Wildman–Crippen MR) is 69.8 cm³/mol. The fourth-order valence-corrected chi connectivity index (χ4v) is 2.57. The van der Waals surface area contributed by atoms with E-state index in [4.69, 9.17) is 5.11 Å². The Balaban J connectivity index is 2.41. The van der Waals surface area contributed by atoms with Gasteiger partial charge in [-0.05, 0) is 37.5 Å². The number of hydrogen-bond donors (Lipinski definition) is 2. The predicted octanol–water partition coefficient (Wildman–Crippen LogP) is 2.81. The lowest BCUT2D eigenvalue weighted by Gasteiger charge is -2.33. The first-order valence-corrected chi connectivity index (χ1v) is 6.25. The minimum absolute atomic E-state index is 0.00460. The molecule has 1 aliphatic carbocycles. The molecule has 2 atom stereocenters. The summed E-state index contributed by atoms with van der Waals surface area (Å²) in [7, 11) is 0. The lowest BCUT2D eigenvalue weighted by atomic mass is 9.69. The summed E-state index contributed by atoms with van der Waals surface area (Å²) >= 11 is 0. The maximum Gasteiger partial charge on any atom is 0.331 e. The first kappa shape index (κ1) is 14.2. The number of benzene rings is 1. The molecule has 2 N–H and O–H groups in total. The summed E-state index contributed by atoms with van der Waals surface area (Å²) < 4.78 is 12.9. The average molecular weight is 278 g/mol. The van der Waals surface area contributed by atoms with Gasteiger partial charge in [0.15, 0.2) is 0 Å². The summed E-state index contributed by atoms with van der Waals surface area (Å²) in [6, 6.07) is 5.69. The van der Waals surface area contributed by atoms with Crippen molar-refractivity contribution in [3.63, 3.8) is 0 Å². The second-order valence-electron chi connectivity index (χ2n) is 5.40. The van der Waals surface area contributed by atoms with Crippen molar-refractivity contribution in [3.05, 3.63) is 47.3 Å². The van der Waals surface area contributed by atoms with Crippen LogP contribution in [-0.4, -0.2) is 22.2 Å². The molecule has 0 radical (unpaired) electrons. The Kier molecular flexibility index (Phi) is 3.61. The third kappa shape index (κ3) is 2.71. The summed E-state index contributed by atoms with van der Waals surface area (Å²) in [6.45, 7) is 1.54. The topological polar surface area (TPSA) is 74.6 Å². The molecule has 5 heteroatoms. The van der Waals surface area contributed by atoms with Crippen LogP contribution < -0.4 is 0 Å². The lowest BCUT2D eigenvalue weighted by Crippen LogP contribution is -2.34. The fourth-order valence-electron chi connectivity index (χ4n) is 2.57. The minimum Gasteiger partial charge on any atom is -0.481 e. The zero-order valence-electron chi connectivity index (χ0n) is 11.0. The molecule has 1 aromatic carbocycles. The van der Waals surface area contributed by atoms with Gasteiger partial charge in [0.25, 0.3) is 0 Å². The summed E-state index contributed by atoms with van der Waals surface area (Å²) in [5, 5.41) is 18.5. The molecule has 1 aromatic rings. The molecule has 0 amide bonds. The SMILES string of the molecule is CC1(C(=O)O)CC(C(=O)O)=CC(c2ccc(F)cc2)C1. The van der Waals surface area contributed by atoms with Crippen molar-refractivity contribution in [2.24, 2.45) is 5.41 Å². The highest BCUT2D eigenvalue weighted by molar-refractivity contribution is 5.89. The van der Waals surface area contributed by atoms with E-state index < -0.39 is 17.4 Å². The van der Waals surface area contributed by atoms with Crippen LogP contribution in [0.4, 0.5) is 4.39 Å². The Labute approximate surface area is 115 Å². The van der Waals surface area contributed by atoms with Gasteiger partial charge in [0.1, 0.15) is 5.82 Å². The van der Waals surface area contributed by atoms with Gasteiger partial charge in [0.05, 0.1) is 5.41 Å². The number of carbonyl (C=O) groups is 2. The molecule has 4 nitrogen and oxygen atoms in total. The fraction of sp³-hybridized carbons (Fsp3) is 0.333. The van der Waals surface area contributed by atoms with Crippen molar-refractivity contribution in [3.8, 4) is 0 Å². The minimum atomic E-state index is -1.12. The Bertz CT molecular complexity index is 576. The molecule has 0 aromatic heterocycles. The van der Waals surface area contributed by atoms with Crippen LogP contribution in [0.5, 0.6) is 0 Å². The highest BCUT2D eigenvalue weighted by Crippen LogP contribution is 2.43. The number of carboxylic acids is 2. The second kappa shape index (κ2) is 5.07. The lowest BCUT2D eigenvalue weighted by molar-refractivity contribution is -0.149. The summed E-state index contributed by atoms with van der Waals surface area (Å²) in [4.78, 5) is 22.6. The molecule has 0 fully saturated rings. The van der Waals surface area contributed by atoms with Crippen molar-refractivity contribution >= 4 is 11.9 Å². The molecule has 0 saturated heterocycles. The zero-order chi connectivity index (χ0) is 14.9. The van der Waals surface area contributed by atoms with Crippen LogP contribution >= 0.6 is 0 Å². The molecule has 0 spiro atoms. The van der Waals surface area contributed by atoms with E-state index in [0.29, 0.717) is 6.42 Å². The number of allylic oxidation sites excluding steroid dienone is 1. The second-order valence-corrected chi connectivity index (χ2v) is 5.40. The molecule has 106 valence electrons. The third-order valence-electron chi connectivity index (χ3n) is 3.74. The zero-order valence-corrected chi connectivity index (χ0v) is 11.0. The van der Waals surface area contributed by atoms with Gasteiger partial charge in [-0.1, -0.05) is 18.2 Å². The summed E-state index contributed by atoms with van der Waals surface area (Å²) in [6.07, 6.45) is 1.86. The monoisotopic (exact) mass is 278 g/mol. The van der Waals surface area contributed by atoms with E-state index in [0.717, 1.165) is 5.56 Å². The van der Waals surface area contributed by atoms with Gasteiger partial charge in [0.2, 0.25) is 0 Å². The summed E-state index contributed by atoms with van der Waals surface area (Å²) in [5.74, 6) is -2.84. The molecular formula is C15H15FO4. The molecule has 0 saturated carbocycles. The van der Waals surface area contributed by atoms with Crippen LogP contribution in [0.15, 0.2) is 35.9 Å². The van der Waals surface area contributed by atoms with E-state index in [-0.39, 0.29) is 23.7 Å². The molecule has 20 heavy (non-hydrogen) atoms. The molecule has 2 rings (SSSR count). The Morgan fingerprint density at radius 1 is 1.25 bits per heavy atom. The van der Waals surface area contributed by atoms with E-state index in [1.165, 1.54) is 12.1 Å². The smallest absolute Gasteiger partial charge is 0.331 e. The molecule has 0 heterocycles. The van der Waals surface area contributed by atoms with E-state index in [9.17, 15) is 19.1 Å². The molecule has 0 bridgehead atoms. The first-order valence-electron chi connectivity index (χ1n) is 6.25. The number of rotatable bonds is 3. The van der Waals surface area contributed by atoms with Crippen molar-refractivity contribution in [1.82, 2.24) is 0 Å². The van der Waals surface area contributed by atoms with Crippen molar-refractivity contribution in [2.45, 2.75) is 25.7 Å². The Hall–Kier alpha value is -2.17. The Morgan fingerprint density at radius 2 is 1.85 bits per heavy atom. The standard InChI is InChI=1S/C15H15FO4/c1-15(14(19)20)7-10(6-11(8-15)13(17)18)9-2-4-12(16)5-3-9/h2-6,10H,7-8H2,1H3,(H,17,18)(H,19,20). The van der Waals surface area contributed by atoms with Crippen LogP contribution in [0.2, 0.25) is 0 Å². The number of hydrogen-bond acceptors (Lipinski definition) is 2. The van der Waals surface area contributed by atoms with E-state index in [2.05, 4.69) is 0 Å². The van der Waals surface area contributed by atoms with Gasteiger partial charge in [-0.2, -0.15) is 0 Å². The van der Waals surface area contributed by atoms with E-state index in [1.54, 1.807) is 25.1 Å². The largest absolute Gasteiger partial charge is 0.481 e. The van der Waals surface area contributed by atoms with Crippen molar-refractivity contribution in [2.75, 3.05) is 0 Å². The quantitative estimate of drug-likeness (QED) is 0.891. The highest BCUT2D eigenvalue weighted by Gasteiger charge is 2.41. The molecular weight excluding hydrogens is 263 g/mol. The third-order valence-corrected chi connectivity index (χ3v) is 3.74. The van der Waals surface area contributed by atoms with Gasteiger partial charge < -0.3 is 10.2 Å². The van der Waals surface area contributed by atoms with Crippen LogP contribution in [0.1, 0.15) is 31.2 Å². The maximum absolute atomic E-state index is 12.9. The maximum atomic E-state index is 12.9. The summed E-state index contributed by atoms with van der Waals surface area (Å²) in [5.41, 5.74) is -0.311. The van der Waals surface area contributed by atoms with Crippen LogP contribution in [0.25, 0.3) is 0 Å². The Morgan fingerprint density at radius 3 is 2.35 bits per heavy atom. The average Bonchev–Trinajstić information content (AvgIpc) is 2.38. The normalized spacial score (nSPS) is 25.9. The highest BCUT2D eigenvalue weighted by atomic mass is 19.1. The van der Waals surface area contributed by atoms with Gasteiger partial charge in [-0.15, -0.1) is 0 Å².